The quantitative estimate of drug-likeness (QED) is 0.156. The van der Waals surface area contributed by atoms with Gasteiger partial charge in [0.15, 0.2) is 0 Å². The van der Waals surface area contributed by atoms with Crippen LogP contribution in [0.15, 0.2) is 70.4 Å². The molecule has 212 valence electrons. The van der Waals surface area contributed by atoms with Gasteiger partial charge in [0.1, 0.15) is 17.3 Å². The maximum atomic E-state index is 10.1. The van der Waals surface area contributed by atoms with E-state index in [1.54, 1.807) is 13.3 Å². The molecule has 1 saturated carbocycles. The molecule has 0 saturated heterocycles. The van der Waals surface area contributed by atoms with Crippen LogP contribution in [0.4, 0.5) is 0 Å². The highest BCUT2D eigenvalue weighted by Crippen LogP contribution is 2.34. The number of carbonyl (C=O) groups is 1. The molecule has 1 unspecified atom stereocenters. The smallest absolute Gasteiger partial charge is 0.278 e. The first-order valence-corrected chi connectivity index (χ1v) is 15.0. The first kappa shape index (κ1) is 35.4. The molecule has 0 spiro atoms. The van der Waals surface area contributed by atoms with Crippen molar-refractivity contribution in [2.24, 2.45) is 0 Å². The third-order valence-electron chi connectivity index (χ3n) is 4.86. The fourth-order valence-corrected chi connectivity index (χ4v) is 4.03. The van der Waals surface area contributed by atoms with E-state index in [1.165, 1.54) is 24.2 Å². The molecule has 0 radical (unpaired) electrons. The number of methoxy groups -OCH3 is 1. The maximum Gasteiger partial charge on any atom is 0.278 e. The van der Waals surface area contributed by atoms with E-state index in [-0.39, 0.29) is 6.04 Å². The summed E-state index contributed by atoms with van der Waals surface area (Å²) in [4.78, 5) is 14.2. The summed E-state index contributed by atoms with van der Waals surface area (Å²) < 4.78 is 17.6. The number of benzene rings is 1. The van der Waals surface area contributed by atoms with Gasteiger partial charge in [0, 0.05) is 17.6 Å². The summed E-state index contributed by atoms with van der Waals surface area (Å²) in [6.45, 7) is 12.0. The normalized spacial score (nSPS) is 13.8. The zero-order valence-corrected chi connectivity index (χ0v) is 26.3. The number of nitrogens with one attached hydrogen (secondary N) is 1. The molecule has 1 aromatic carbocycles. The predicted octanol–water partition coefficient (Wildman–Crippen LogP) is 9.25. The molecule has 6 nitrogen and oxygen atoms in total. The molecule has 0 bridgehead atoms. The number of thiazole rings is 1. The summed E-state index contributed by atoms with van der Waals surface area (Å²) in [5, 5.41) is 5.16. The summed E-state index contributed by atoms with van der Waals surface area (Å²) in [5.74, 6) is 2.45. The lowest BCUT2D eigenvalue weighted by Gasteiger charge is -2.14. The lowest BCUT2D eigenvalue weighted by molar-refractivity contribution is -0.109. The van der Waals surface area contributed by atoms with Crippen molar-refractivity contribution in [2.45, 2.75) is 85.8 Å². The van der Waals surface area contributed by atoms with E-state index in [9.17, 15) is 4.79 Å². The van der Waals surface area contributed by atoms with Crippen LogP contribution in [0.1, 0.15) is 73.6 Å². The number of halogens is 1. The average Bonchev–Trinajstić information content (AvgIpc) is 3.65. The minimum absolute atomic E-state index is 0.0343. The topological polar surface area (TPSA) is 69.7 Å². The van der Waals surface area contributed by atoms with Gasteiger partial charge in [-0.1, -0.05) is 64.2 Å². The third kappa shape index (κ3) is 15.6. The molecule has 3 rings (SSSR count). The van der Waals surface area contributed by atoms with Gasteiger partial charge in [-0.25, -0.2) is 4.98 Å². The number of carbonyl (C=O) groups excluding carboxylic acids is 1. The van der Waals surface area contributed by atoms with Crippen LogP contribution in [-0.4, -0.2) is 30.6 Å². The SMILES string of the molecule is Brc1cc(OC2CCCC2)ccc1Oc1nccs1.CC.CC.CC\C=C/C(=C\C=C\C(C)NC=O)OC. The zero-order chi connectivity index (χ0) is 28.6. The standard InChI is InChI=1S/C14H14BrNO2S.C12H19NO2.2C2H6/c15-12-9-11(17-10-3-1-2-4-10)5-6-13(12)18-14-16-7-8-19-14;1-4-5-8-12(15-3)9-6-7-11(2)13-10-14;2*1-2/h5-10H,1-4H2;5-11H,4H2,1-3H3,(H,13,14);2*1-2H3/b;7-6+,8-5-,12-9+;;. The summed E-state index contributed by atoms with van der Waals surface area (Å²) >= 11 is 4.99. The van der Waals surface area contributed by atoms with Crippen LogP contribution in [-0.2, 0) is 9.53 Å². The fourth-order valence-electron chi connectivity index (χ4n) is 3.10. The Morgan fingerprint density at radius 2 is 1.95 bits per heavy atom. The summed E-state index contributed by atoms with van der Waals surface area (Å²) in [5.41, 5.74) is 0. The molecular weight excluding hydrogens is 564 g/mol. The third-order valence-corrected chi connectivity index (χ3v) is 6.13. The molecule has 1 heterocycles. The predicted molar refractivity (Wildman–Crippen MR) is 164 cm³/mol. The number of ether oxygens (including phenoxy) is 3. The molecule has 1 aliphatic carbocycles. The second kappa shape index (κ2) is 23.5. The highest BCUT2D eigenvalue weighted by atomic mass is 79.9. The van der Waals surface area contributed by atoms with Crippen molar-refractivity contribution in [3.63, 3.8) is 0 Å². The van der Waals surface area contributed by atoms with Crippen LogP contribution < -0.4 is 14.8 Å². The number of nitrogens with zero attached hydrogens (tertiary/aromatic N) is 1. The Kier molecular flexibility index (Phi) is 21.9. The molecule has 1 aliphatic rings. The summed E-state index contributed by atoms with van der Waals surface area (Å²) in [6, 6.07) is 5.86. The molecule has 1 amide bonds. The zero-order valence-electron chi connectivity index (χ0n) is 23.9. The number of aromatic nitrogens is 1. The van der Waals surface area contributed by atoms with E-state index in [0.29, 0.717) is 17.7 Å². The number of allylic oxidation sites excluding steroid dienone is 4. The van der Waals surface area contributed by atoms with Gasteiger partial charge >= 0.3 is 0 Å². The minimum Gasteiger partial charge on any atom is -0.497 e. The van der Waals surface area contributed by atoms with Crippen molar-refractivity contribution in [3.05, 3.63) is 70.4 Å². The Bertz CT molecular complexity index is 940. The Morgan fingerprint density at radius 3 is 2.50 bits per heavy atom. The van der Waals surface area contributed by atoms with Gasteiger partial charge < -0.3 is 19.5 Å². The van der Waals surface area contributed by atoms with Crippen molar-refractivity contribution in [3.8, 4) is 16.7 Å². The van der Waals surface area contributed by atoms with Gasteiger partial charge in [-0.3, -0.25) is 4.79 Å². The molecular formula is C30H45BrN2O4S. The van der Waals surface area contributed by atoms with E-state index < -0.39 is 0 Å². The van der Waals surface area contributed by atoms with E-state index in [1.807, 2.05) is 88.6 Å². The lowest BCUT2D eigenvalue weighted by atomic mass is 10.3. The number of rotatable bonds is 11. The first-order valence-electron chi connectivity index (χ1n) is 13.4. The monoisotopic (exact) mass is 608 g/mol. The van der Waals surface area contributed by atoms with Gasteiger partial charge in [0.2, 0.25) is 6.41 Å². The first-order chi connectivity index (χ1) is 18.5. The lowest BCUT2D eigenvalue weighted by Crippen LogP contribution is -2.21. The van der Waals surface area contributed by atoms with Crippen molar-refractivity contribution < 1.29 is 19.0 Å². The van der Waals surface area contributed by atoms with Gasteiger partial charge in [-0.05, 0) is 85.3 Å². The van der Waals surface area contributed by atoms with E-state index >= 15 is 0 Å². The van der Waals surface area contributed by atoms with Crippen LogP contribution in [0.5, 0.6) is 16.7 Å². The number of amides is 1. The van der Waals surface area contributed by atoms with Crippen LogP contribution in [0.3, 0.4) is 0 Å². The molecule has 0 aliphatic heterocycles. The van der Waals surface area contributed by atoms with Crippen molar-refractivity contribution in [1.29, 1.82) is 0 Å². The molecule has 1 atom stereocenters. The Labute approximate surface area is 242 Å². The van der Waals surface area contributed by atoms with E-state index in [0.717, 1.165) is 41.0 Å². The van der Waals surface area contributed by atoms with Crippen LogP contribution >= 0.6 is 27.3 Å². The highest BCUT2D eigenvalue weighted by molar-refractivity contribution is 9.10. The Balaban J connectivity index is 0.000000655. The largest absolute Gasteiger partial charge is 0.497 e. The van der Waals surface area contributed by atoms with Crippen molar-refractivity contribution in [2.75, 3.05) is 7.11 Å². The van der Waals surface area contributed by atoms with Gasteiger partial charge in [0.25, 0.3) is 5.19 Å². The second-order valence-electron chi connectivity index (χ2n) is 7.56. The van der Waals surface area contributed by atoms with E-state index in [4.69, 9.17) is 14.2 Å². The molecule has 38 heavy (non-hydrogen) atoms. The van der Waals surface area contributed by atoms with Crippen molar-refractivity contribution >= 4 is 33.7 Å². The fraction of sp³-hybridized carbons (Fsp3) is 0.467. The highest BCUT2D eigenvalue weighted by Gasteiger charge is 2.17. The molecule has 1 fully saturated rings. The van der Waals surface area contributed by atoms with Crippen LogP contribution in [0, 0.1) is 0 Å². The van der Waals surface area contributed by atoms with Gasteiger partial charge in [0.05, 0.1) is 17.7 Å². The van der Waals surface area contributed by atoms with Gasteiger partial charge in [-0.2, -0.15) is 0 Å². The molecule has 1 N–H and O–H groups in total. The average molecular weight is 610 g/mol. The van der Waals surface area contributed by atoms with E-state index in [2.05, 4.69) is 33.2 Å². The Hall–Kier alpha value is -2.58. The van der Waals surface area contributed by atoms with Gasteiger partial charge in [-0.15, -0.1) is 0 Å². The maximum absolute atomic E-state index is 10.1. The molecule has 1 aromatic heterocycles. The summed E-state index contributed by atoms with van der Waals surface area (Å²) in [6.07, 6.45) is 18.2. The number of hydrogen-bond donors (Lipinski definition) is 1. The second-order valence-corrected chi connectivity index (χ2v) is 9.27. The minimum atomic E-state index is 0.0343. The van der Waals surface area contributed by atoms with Crippen LogP contribution in [0.2, 0.25) is 0 Å². The molecule has 8 heteroatoms. The van der Waals surface area contributed by atoms with Crippen LogP contribution in [0.25, 0.3) is 0 Å². The molecule has 2 aromatic rings. The number of hydrogen-bond acceptors (Lipinski definition) is 6. The summed E-state index contributed by atoms with van der Waals surface area (Å²) in [7, 11) is 1.63. The Morgan fingerprint density at radius 1 is 1.24 bits per heavy atom. The van der Waals surface area contributed by atoms with Crippen molar-refractivity contribution in [1.82, 2.24) is 10.3 Å².